The third-order valence-corrected chi connectivity index (χ3v) is 7.58. The van der Waals surface area contributed by atoms with Gasteiger partial charge in [-0.05, 0) is 24.3 Å². The second-order valence-electron chi connectivity index (χ2n) is 10.2. The van der Waals surface area contributed by atoms with E-state index in [1.807, 2.05) is 4.90 Å². The molecule has 0 unspecified atom stereocenters. The van der Waals surface area contributed by atoms with Gasteiger partial charge in [0.05, 0.1) is 43.5 Å². The van der Waals surface area contributed by atoms with Crippen molar-refractivity contribution in [2.45, 2.75) is 12.1 Å². The van der Waals surface area contributed by atoms with E-state index in [1.54, 1.807) is 54.6 Å². The topological polar surface area (TPSA) is 104 Å². The summed E-state index contributed by atoms with van der Waals surface area (Å²) in [5.41, 5.74) is 0.791. The molecule has 216 valence electrons. The zero-order valence-electron chi connectivity index (χ0n) is 22.6. The zero-order chi connectivity index (χ0) is 28.2. The highest BCUT2D eigenvalue weighted by atomic mass is 19.3. The molecule has 0 saturated carbocycles. The number of para-hydroxylation sites is 2. The molecule has 0 atom stereocenters. The van der Waals surface area contributed by atoms with Crippen LogP contribution in [0, 0.1) is 0 Å². The maximum absolute atomic E-state index is 14.8. The van der Waals surface area contributed by atoms with Crippen molar-refractivity contribution in [3.05, 3.63) is 66.0 Å². The first-order valence-corrected chi connectivity index (χ1v) is 13.9. The summed E-state index contributed by atoms with van der Waals surface area (Å²) in [5.74, 6) is 0.307. The number of morpholine rings is 2. The first kappa shape index (κ1) is 27.3. The number of carbonyl (C=O) groups is 1. The van der Waals surface area contributed by atoms with Crippen LogP contribution in [0.25, 0.3) is 11.3 Å². The molecule has 4 heterocycles. The van der Waals surface area contributed by atoms with Crippen LogP contribution in [0.5, 0.6) is 0 Å². The quantitative estimate of drug-likeness (QED) is 0.380. The summed E-state index contributed by atoms with van der Waals surface area (Å²) in [6.07, 6.45) is -2.86. The molecular formula is C29H33F2N7O3. The molecule has 2 saturated heterocycles. The number of hydrogen-bond acceptors (Lipinski definition) is 9. The van der Waals surface area contributed by atoms with E-state index < -0.39 is 12.1 Å². The molecule has 0 bridgehead atoms. The average Bonchev–Trinajstić information content (AvgIpc) is 3.43. The Morgan fingerprint density at radius 2 is 1.56 bits per heavy atom. The Morgan fingerprint density at radius 3 is 2.20 bits per heavy atom. The largest absolute Gasteiger partial charge is 0.379 e. The first-order chi connectivity index (χ1) is 20.0. The number of anilines is 3. The van der Waals surface area contributed by atoms with Crippen LogP contribution < -0.4 is 20.9 Å². The van der Waals surface area contributed by atoms with Crippen molar-refractivity contribution in [3.63, 3.8) is 0 Å². The van der Waals surface area contributed by atoms with E-state index in [0.29, 0.717) is 80.1 Å². The van der Waals surface area contributed by atoms with Gasteiger partial charge in [-0.25, -0.2) is 18.7 Å². The number of hydrogen-bond donors (Lipinski definition) is 3. The molecule has 2 aromatic carbocycles. The van der Waals surface area contributed by atoms with Crippen LogP contribution in [0.1, 0.15) is 16.2 Å². The molecule has 3 aromatic rings. The SMILES string of the molecule is O=C(NCCN1CCOCC1)c1ccc(-c2cc(N3CCOCC3)nc(C3(C(F)F)Nc4ccccc4N3)n2)cc1. The summed E-state index contributed by atoms with van der Waals surface area (Å²) < 4.78 is 40.5. The summed E-state index contributed by atoms with van der Waals surface area (Å²) >= 11 is 0. The Labute approximate surface area is 237 Å². The predicted octanol–water partition coefficient (Wildman–Crippen LogP) is 3.00. The zero-order valence-corrected chi connectivity index (χ0v) is 22.6. The standard InChI is InChI=1S/C29H33F2N7O3/c30-27(31)29(35-22-3-1-2-4-23(22)36-29)28-33-24(19-25(34-28)38-13-17-41-18-14-38)20-5-7-21(8-6-20)26(39)32-9-10-37-11-15-40-16-12-37/h1-8,19,27,35-36H,9-18H2,(H,32,39). The van der Waals surface area contributed by atoms with Gasteiger partial charge in [-0.15, -0.1) is 0 Å². The van der Waals surface area contributed by atoms with Crippen LogP contribution in [-0.4, -0.2) is 92.9 Å². The van der Waals surface area contributed by atoms with Crippen molar-refractivity contribution in [3.8, 4) is 11.3 Å². The maximum Gasteiger partial charge on any atom is 0.286 e. The van der Waals surface area contributed by atoms with Gasteiger partial charge in [-0.2, -0.15) is 0 Å². The van der Waals surface area contributed by atoms with Crippen molar-refractivity contribution in [2.75, 3.05) is 81.2 Å². The number of nitrogens with zero attached hydrogens (tertiary/aromatic N) is 4. The first-order valence-electron chi connectivity index (χ1n) is 13.9. The van der Waals surface area contributed by atoms with E-state index in [9.17, 15) is 13.6 Å². The fraction of sp³-hybridized carbons (Fsp3) is 0.414. The molecule has 3 aliphatic heterocycles. The number of aromatic nitrogens is 2. The van der Waals surface area contributed by atoms with Gasteiger partial charge in [0.15, 0.2) is 5.82 Å². The molecule has 6 rings (SSSR count). The van der Waals surface area contributed by atoms with Gasteiger partial charge < -0.3 is 30.3 Å². The van der Waals surface area contributed by atoms with Crippen molar-refractivity contribution < 1.29 is 23.0 Å². The molecule has 3 N–H and O–H groups in total. The molecule has 10 nitrogen and oxygen atoms in total. The number of amides is 1. The van der Waals surface area contributed by atoms with Gasteiger partial charge >= 0.3 is 0 Å². The molecule has 1 aromatic heterocycles. The summed E-state index contributed by atoms with van der Waals surface area (Å²) in [6.45, 7) is 6.66. The number of alkyl halides is 2. The van der Waals surface area contributed by atoms with E-state index in [4.69, 9.17) is 9.47 Å². The Bertz CT molecular complexity index is 1340. The Kier molecular flexibility index (Phi) is 7.95. The van der Waals surface area contributed by atoms with Crippen LogP contribution in [0.15, 0.2) is 54.6 Å². The van der Waals surface area contributed by atoms with Gasteiger partial charge in [0.25, 0.3) is 12.3 Å². The van der Waals surface area contributed by atoms with Gasteiger partial charge in [0, 0.05) is 56.5 Å². The number of rotatable bonds is 8. The fourth-order valence-electron chi connectivity index (χ4n) is 5.24. The van der Waals surface area contributed by atoms with Crippen molar-refractivity contribution in [1.29, 1.82) is 0 Å². The molecule has 1 amide bonds. The maximum atomic E-state index is 14.8. The second kappa shape index (κ2) is 11.9. The van der Waals surface area contributed by atoms with Crippen LogP contribution >= 0.6 is 0 Å². The Hall–Kier alpha value is -3.87. The average molecular weight is 566 g/mol. The molecule has 41 heavy (non-hydrogen) atoms. The Balaban J connectivity index is 1.26. The fourth-order valence-corrected chi connectivity index (χ4v) is 5.24. The monoisotopic (exact) mass is 565 g/mol. The van der Waals surface area contributed by atoms with Crippen LogP contribution in [0.2, 0.25) is 0 Å². The second-order valence-corrected chi connectivity index (χ2v) is 10.2. The van der Waals surface area contributed by atoms with Crippen LogP contribution in [0.4, 0.5) is 26.0 Å². The smallest absolute Gasteiger partial charge is 0.286 e. The third kappa shape index (κ3) is 5.81. The van der Waals surface area contributed by atoms with Crippen molar-refractivity contribution >= 4 is 23.1 Å². The number of fused-ring (bicyclic) bond motifs is 1. The molecule has 12 heteroatoms. The number of ether oxygens (including phenoxy) is 2. The molecule has 0 spiro atoms. The highest BCUT2D eigenvalue weighted by Crippen LogP contribution is 2.42. The van der Waals surface area contributed by atoms with Gasteiger partial charge in [-0.3, -0.25) is 9.69 Å². The minimum absolute atomic E-state index is 0.0624. The Morgan fingerprint density at radius 1 is 0.927 bits per heavy atom. The van der Waals surface area contributed by atoms with E-state index >= 15 is 0 Å². The highest BCUT2D eigenvalue weighted by Gasteiger charge is 2.49. The van der Waals surface area contributed by atoms with E-state index in [1.165, 1.54) is 0 Å². The lowest BCUT2D eigenvalue weighted by molar-refractivity contribution is 0.0383. The molecular weight excluding hydrogens is 532 g/mol. The summed E-state index contributed by atoms with van der Waals surface area (Å²) in [6, 6.07) is 15.9. The third-order valence-electron chi connectivity index (χ3n) is 7.58. The molecule has 3 aliphatic rings. The summed E-state index contributed by atoms with van der Waals surface area (Å²) in [4.78, 5) is 26.3. The van der Waals surface area contributed by atoms with Crippen molar-refractivity contribution in [1.82, 2.24) is 20.2 Å². The van der Waals surface area contributed by atoms with E-state index in [0.717, 1.165) is 19.6 Å². The van der Waals surface area contributed by atoms with Crippen LogP contribution in [-0.2, 0) is 15.1 Å². The van der Waals surface area contributed by atoms with E-state index in [-0.39, 0.29) is 11.7 Å². The van der Waals surface area contributed by atoms with Crippen molar-refractivity contribution in [2.24, 2.45) is 0 Å². The lowest BCUT2D eigenvalue weighted by Gasteiger charge is -2.32. The van der Waals surface area contributed by atoms with Gasteiger partial charge in [0.2, 0.25) is 5.66 Å². The summed E-state index contributed by atoms with van der Waals surface area (Å²) in [7, 11) is 0. The number of halogens is 2. The number of nitrogens with one attached hydrogen (secondary N) is 3. The minimum atomic E-state index is -2.86. The lowest BCUT2D eigenvalue weighted by Crippen LogP contribution is -2.48. The van der Waals surface area contributed by atoms with E-state index in [2.05, 4.69) is 30.8 Å². The normalized spacial score (nSPS) is 18.5. The summed E-state index contributed by atoms with van der Waals surface area (Å²) in [5, 5.41) is 8.86. The van der Waals surface area contributed by atoms with Gasteiger partial charge in [0.1, 0.15) is 5.82 Å². The molecule has 0 radical (unpaired) electrons. The van der Waals surface area contributed by atoms with Gasteiger partial charge in [-0.1, -0.05) is 24.3 Å². The lowest BCUT2D eigenvalue weighted by atomic mass is 10.1. The predicted molar refractivity (Wildman–Crippen MR) is 151 cm³/mol. The molecule has 0 aliphatic carbocycles. The number of carbonyl (C=O) groups excluding carboxylic acids is 1. The highest BCUT2D eigenvalue weighted by molar-refractivity contribution is 5.94. The minimum Gasteiger partial charge on any atom is -0.379 e. The van der Waals surface area contributed by atoms with Crippen LogP contribution in [0.3, 0.4) is 0 Å². The molecule has 2 fully saturated rings. The number of benzene rings is 2.